The number of unbranched alkanes of at least 4 members (excludes halogenated alkanes) is 2. The maximum atomic E-state index is 12.5. The van der Waals surface area contributed by atoms with Crippen molar-refractivity contribution in [1.29, 1.82) is 0 Å². The molecule has 0 radical (unpaired) electrons. The van der Waals surface area contributed by atoms with Crippen molar-refractivity contribution in [2.24, 2.45) is 11.8 Å². The molecule has 2 atom stereocenters. The zero-order valence-electron chi connectivity index (χ0n) is 20.0. The van der Waals surface area contributed by atoms with E-state index in [9.17, 15) is 24.0 Å². The van der Waals surface area contributed by atoms with Crippen LogP contribution >= 0.6 is 0 Å². The van der Waals surface area contributed by atoms with Crippen LogP contribution in [0.2, 0.25) is 0 Å². The van der Waals surface area contributed by atoms with Crippen LogP contribution in [0.3, 0.4) is 0 Å². The molecule has 0 fully saturated rings. The molecular formula is C23H39N3O5. The highest BCUT2D eigenvalue weighted by atomic mass is 16.2. The molecule has 1 aliphatic rings. The van der Waals surface area contributed by atoms with E-state index in [1.54, 1.807) is 20.8 Å². The Morgan fingerprint density at radius 2 is 1.42 bits per heavy atom. The second kappa shape index (κ2) is 14.5. The summed E-state index contributed by atoms with van der Waals surface area (Å²) in [5.74, 6) is -1.57. The van der Waals surface area contributed by atoms with Crippen molar-refractivity contribution in [2.45, 2.75) is 86.2 Å². The number of imide groups is 1. The van der Waals surface area contributed by atoms with E-state index in [4.69, 9.17) is 0 Å². The number of hydrogen-bond donors (Lipinski definition) is 2. The van der Waals surface area contributed by atoms with Crippen molar-refractivity contribution >= 4 is 29.4 Å². The molecule has 0 aromatic rings. The molecule has 8 heteroatoms. The van der Waals surface area contributed by atoms with Gasteiger partial charge in [-0.3, -0.25) is 28.9 Å². The Morgan fingerprint density at radius 3 is 1.90 bits per heavy atom. The van der Waals surface area contributed by atoms with Crippen molar-refractivity contribution in [1.82, 2.24) is 15.5 Å². The van der Waals surface area contributed by atoms with Crippen LogP contribution in [0, 0.1) is 11.8 Å². The third kappa shape index (κ3) is 9.89. The summed E-state index contributed by atoms with van der Waals surface area (Å²) in [6, 6.07) is -1.32. The molecule has 31 heavy (non-hydrogen) atoms. The van der Waals surface area contributed by atoms with Crippen LogP contribution in [0.5, 0.6) is 0 Å². The number of nitrogens with one attached hydrogen (secondary N) is 2. The Labute approximate surface area is 186 Å². The van der Waals surface area contributed by atoms with Crippen LogP contribution in [-0.2, 0) is 24.0 Å². The van der Waals surface area contributed by atoms with Gasteiger partial charge >= 0.3 is 0 Å². The van der Waals surface area contributed by atoms with Gasteiger partial charge in [-0.15, -0.1) is 0 Å². The van der Waals surface area contributed by atoms with E-state index >= 15 is 0 Å². The van der Waals surface area contributed by atoms with Crippen LogP contribution < -0.4 is 10.6 Å². The highest BCUT2D eigenvalue weighted by molar-refractivity contribution is 6.12. The first kappa shape index (κ1) is 28.5. The zero-order valence-corrected chi connectivity index (χ0v) is 20.0. The molecule has 0 saturated carbocycles. The molecule has 2 N–H and O–H groups in total. The van der Waals surface area contributed by atoms with Crippen molar-refractivity contribution < 1.29 is 24.0 Å². The van der Waals surface area contributed by atoms with Crippen molar-refractivity contribution in [2.75, 3.05) is 6.54 Å². The van der Waals surface area contributed by atoms with Crippen LogP contribution in [0.4, 0.5) is 0 Å². The smallest absolute Gasteiger partial charge is 0.253 e. The lowest BCUT2D eigenvalue weighted by molar-refractivity contribution is -0.137. The normalized spacial score (nSPS) is 14.9. The Balaban J connectivity index is 0.00000436. The second-order valence-corrected chi connectivity index (χ2v) is 8.05. The van der Waals surface area contributed by atoms with Gasteiger partial charge in [-0.2, -0.15) is 0 Å². The minimum Gasteiger partial charge on any atom is -0.345 e. The number of amides is 4. The Kier molecular flexibility index (Phi) is 13.3. The Bertz CT molecular complexity index is 652. The Morgan fingerprint density at radius 1 is 0.871 bits per heavy atom. The van der Waals surface area contributed by atoms with Gasteiger partial charge in [0.15, 0.2) is 5.78 Å². The molecule has 1 rings (SSSR count). The standard InChI is InChI=1S/C21H33N3O5.C2H6/c1-13(2)19(21(29)22-15(5)20(28)14(3)4)23-16(25)9-7-6-8-12-24-17(26)10-11-18(24)27;1-2/h10-11,13-15,19H,6-9,12H2,1-5H3,(H,22,29)(H,23,25);1-2H3/t15-,19?;/m0./s1. The third-order valence-corrected chi connectivity index (χ3v) is 4.81. The number of nitrogens with zero attached hydrogens (tertiary/aromatic N) is 1. The number of rotatable bonds is 12. The van der Waals surface area contributed by atoms with Gasteiger partial charge in [0, 0.05) is 31.0 Å². The molecule has 0 aromatic heterocycles. The zero-order chi connectivity index (χ0) is 24.1. The van der Waals surface area contributed by atoms with Gasteiger partial charge < -0.3 is 10.6 Å². The van der Waals surface area contributed by atoms with Crippen LogP contribution in [-0.4, -0.2) is 52.9 Å². The van der Waals surface area contributed by atoms with E-state index in [0.29, 0.717) is 25.8 Å². The molecule has 176 valence electrons. The first-order valence-electron chi connectivity index (χ1n) is 11.2. The van der Waals surface area contributed by atoms with Crippen LogP contribution in [0.1, 0.15) is 74.1 Å². The fourth-order valence-electron chi connectivity index (χ4n) is 3.04. The van der Waals surface area contributed by atoms with Gasteiger partial charge in [-0.1, -0.05) is 48.0 Å². The van der Waals surface area contributed by atoms with Gasteiger partial charge in [0.2, 0.25) is 11.8 Å². The van der Waals surface area contributed by atoms with E-state index in [2.05, 4.69) is 10.6 Å². The monoisotopic (exact) mass is 437 g/mol. The minimum absolute atomic E-state index is 0.0580. The molecule has 1 heterocycles. The predicted octanol–water partition coefficient (Wildman–Crippen LogP) is 2.37. The van der Waals surface area contributed by atoms with Gasteiger partial charge in [-0.25, -0.2) is 0 Å². The van der Waals surface area contributed by atoms with E-state index in [1.165, 1.54) is 17.1 Å². The van der Waals surface area contributed by atoms with Gasteiger partial charge in [0.05, 0.1) is 6.04 Å². The lowest BCUT2D eigenvalue weighted by Crippen LogP contribution is -2.53. The van der Waals surface area contributed by atoms with Crippen molar-refractivity contribution in [3.63, 3.8) is 0 Å². The number of Topliss-reactive ketones (excluding diaryl/α,β-unsaturated/α-hetero) is 1. The highest BCUT2D eigenvalue weighted by Crippen LogP contribution is 2.09. The molecule has 4 amide bonds. The SMILES string of the molecule is CC.CC(C)C(=O)[C@H](C)NC(=O)C(NC(=O)CCCCCN1C(=O)C=CC1=O)C(C)C. The summed E-state index contributed by atoms with van der Waals surface area (Å²) in [4.78, 5) is 60.8. The first-order valence-corrected chi connectivity index (χ1v) is 11.2. The molecule has 0 spiro atoms. The van der Waals surface area contributed by atoms with Gasteiger partial charge in [-0.05, 0) is 25.7 Å². The lowest BCUT2D eigenvalue weighted by Gasteiger charge is -2.24. The van der Waals surface area contributed by atoms with Gasteiger partial charge in [0.25, 0.3) is 11.8 Å². The molecular weight excluding hydrogens is 398 g/mol. The summed E-state index contributed by atoms with van der Waals surface area (Å²) in [5, 5.41) is 5.43. The van der Waals surface area contributed by atoms with Crippen LogP contribution in [0.15, 0.2) is 12.2 Å². The van der Waals surface area contributed by atoms with Crippen molar-refractivity contribution in [3.05, 3.63) is 12.2 Å². The largest absolute Gasteiger partial charge is 0.345 e. The average molecular weight is 438 g/mol. The summed E-state index contributed by atoms with van der Waals surface area (Å²) in [6.07, 6.45) is 4.64. The number of carbonyl (C=O) groups excluding carboxylic acids is 5. The summed E-state index contributed by atoms with van der Waals surface area (Å²) in [5.41, 5.74) is 0. The minimum atomic E-state index is -0.712. The molecule has 1 unspecified atom stereocenters. The topological polar surface area (TPSA) is 113 Å². The second-order valence-electron chi connectivity index (χ2n) is 8.05. The molecule has 0 aliphatic carbocycles. The number of carbonyl (C=O) groups is 5. The summed E-state index contributed by atoms with van der Waals surface area (Å²) < 4.78 is 0. The summed E-state index contributed by atoms with van der Waals surface area (Å²) >= 11 is 0. The quantitative estimate of drug-likeness (QED) is 0.359. The number of ketones is 1. The maximum absolute atomic E-state index is 12.5. The van der Waals surface area contributed by atoms with Crippen molar-refractivity contribution in [3.8, 4) is 0 Å². The first-order chi connectivity index (χ1) is 14.5. The lowest BCUT2D eigenvalue weighted by atomic mass is 10.00. The predicted molar refractivity (Wildman–Crippen MR) is 120 cm³/mol. The molecule has 8 nitrogen and oxygen atoms in total. The van der Waals surface area contributed by atoms with Crippen LogP contribution in [0.25, 0.3) is 0 Å². The molecule has 0 saturated heterocycles. The molecule has 1 aliphatic heterocycles. The van der Waals surface area contributed by atoms with E-state index in [-0.39, 0.29) is 47.7 Å². The molecule has 0 aromatic carbocycles. The fraction of sp³-hybridized carbons (Fsp3) is 0.696. The maximum Gasteiger partial charge on any atom is 0.253 e. The molecule has 0 bridgehead atoms. The van der Waals surface area contributed by atoms with E-state index in [1.807, 2.05) is 27.7 Å². The average Bonchev–Trinajstić information content (AvgIpc) is 3.04. The van der Waals surface area contributed by atoms with Gasteiger partial charge in [0.1, 0.15) is 6.04 Å². The Hall–Kier alpha value is -2.51. The van der Waals surface area contributed by atoms with E-state index < -0.39 is 12.1 Å². The summed E-state index contributed by atoms with van der Waals surface area (Å²) in [7, 11) is 0. The van der Waals surface area contributed by atoms with E-state index in [0.717, 1.165) is 0 Å². The summed E-state index contributed by atoms with van der Waals surface area (Å²) in [6.45, 7) is 13.2. The highest BCUT2D eigenvalue weighted by Gasteiger charge is 2.27. The fourth-order valence-corrected chi connectivity index (χ4v) is 3.04. The third-order valence-electron chi connectivity index (χ3n) is 4.81. The number of hydrogen-bond acceptors (Lipinski definition) is 5.